The summed E-state index contributed by atoms with van der Waals surface area (Å²) in [6.07, 6.45) is 0. The number of hydrogen-bond donors (Lipinski definition) is 0. The third-order valence-electron chi connectivity index (χ3n) is 3.63. The van der Waals surface area contributed by atoms with Crippen LogP contribution in [0.15, 0.2) is 30.3 Å². The number of carbonyl (C=O) groups excluding carboxylic acids is 1. The van der Waals surface area contributed by atoms with E-state index in [0.29, 0.717) is 19.8 Å². The second-order valence-corrected chi connectivity index (χ2v) is 5.42. The summed E-state index contributed by atoms with van der Waals surface area (Å²) in [6.45, 7) is 6.90. The van der Waals surface area contributed by atoms with E-state index in [-0.39, 0.29) is 17.7 Å². The molecule has 1 rings (SSSR count). The summed E-state index contributed by atoms with van der Waals surface area (Å²) < 4.78 is 10.4. The number of Topliss-reactive ketones (excluding diaryl/α,β-unsaturated/α-hetero) is 1. The van der Waals surface area contributed by atoms with Crippen molar-refractivity contribution in [2.75, 3.05) is 40.5 Å². The number of ketones is 1. The first-order chi connectivity index (χ1) is 10.1. The molecule has 0 aliphatic carbocycles. The molecule has 0 aliphatic rings. The van der Waals surface area contributed by atoms with E-state index in [1.165, 1.54) is 0 Å². The van der Waals surface area contributed by atoms with Crippen LogP contribution in [0.1, 0.15) is 24.2 Å². The normalized spacial score (nSPS) is 14.1. The minimum atomic E-state index is -0.0523. The summed E-state index contributed by atoms with van der Waals surface area (Å²) in [5.74, 6) is 0.131. The molecule has 0 radical (unpaired) electrons. The average molecular weight is 293 g/mol. The number of rotatable bonds is 10. The van der Waals surface area contributed by atoms with Gasteiger partial charge in [-0.05, 0) is 6.92 Å². The molecule has 0 bridgehead atoms. The van der Waals surface area contributed by atoms with Crippen LogP contribution < -0.4 is 0 Å². The van der Waals surface area contributed by atoms with Crippen molar-refractivity contribution in [3.05, 3.63) is 35.9 Å². The summed E-state index contributed by atoms with van der Waals surface area (Å²) >= 11 is 0. The largest absolute Gasteiger partial charge is 0.383 e. The molecular formula is C17H27NO3. The van der Waals surface area contributed by atoms with Crippen molar-refractivity contribution < 1.29 is 14.3 Å². The Bertz CT molecular complexity index is 408. The highest BCUT2D eigenvalue weighted by molar-refractivity contribution is 5.97. The molecule has 2 atom stereocenters. The quantitative estimate of drug-likeness (QED) is 0.621. The van der Waals surface area contributed by atoms with Crippen molar-refractivity contribution in [1.82, 2.24) is 4.90 Å². The Balaban J connectivity index is 2.66. The number of carbonyl (C=O) groups is 1. The number of ether oxygens (including phenoxy) is 2. The SMILES string of the molecule is COCCN(CC(C)C(=O)c1ccccc1)C(C)COC. The summed E-state index contributed by atoms with van der Waals surface area (Å²) in [4.78, 5) is 14.7. The first-order valence-electron chi connectivity index (χ1n) is 7.41. The van der Waals surface area contributed by atoms with Gasteiger partial charge in [0.15, 0.2) is 5.78 Å². The van der Waals surface area contributed by atoms with Crippen LogP contribution in [0.4, 0.5) is 0 Å². The highest BCUT2D eigenvalue weighted by Crippen LogP contribution is 2.12. The van der Waals surface area contributed by atoms with Crippen LogP contribution in [0.25, 0.3) is 0 Å². The Morgan fingerprint density at radius 1 is 1.14 bits per heavy atom. The van der Waals surface area contributed by atoms with E-state index >= 15 is 0 Å². The minimum absolute atomic E-state index is 0.0523. The van der Waals surface area contributed by atoms with E-state index in [0.717, 1.165) is 12.1 Å². The van der Waals surface area contributed by atoms with E-state index in [1.807, 2.05) is 37.3 Å². The van der Waals surface area contributed by atoms with Gasteiger partial charge in [0, 0.05) is 44.8 Å². The molecule has 0 aliphatic heterocycles. The molecule has 21 heavy (non-hydrogen) atoms. The third kappa shape index (κ3) is 5.96. The summed E-state index contributed by atoms with van der Waals surface area (Å²) in [6, 6.07) is 9.73. The Morgan fingerprint density at radius 3 is 2.38 bits per heavy atom. The molecule has 0 heterocycles. The number of benzene rings is 1. The number of methoxy groups -OCH3 is 2. The lowest BCUT2D eigenvalue weighted by molar-refractivity contribution is 0.0609. The van der Waals surface area contributed by atoms with Crippen LogP contribution in [0.5, 0.6) is 0 Å². The van der Waals surface area contributed by atoms with Crippen molar-refractivity contribution in [2.24, 2.45) is 5.92 Å². The van der Waals surface area contributed by atoms with Crippen molar-refractivity contribution in [3.8, 4) is 0 Å². The minimum Gasteiger partial charge on any atom is -0.383 e. The van der Waals surface area contributed by atoms with E-state index in [2.05, 4.69) is 11.8 Å². The third-order valence-corrected chi connectivity index (χ3v) is 3.63. The van der Waals surface area contributed by atoms with Crippen LogP contribution in [0.2, 0.25) is 0 Å². The van der Waals surface area contributed by atoms with Gasteiger partial charge in [0.1, 0.15) is 0 Å². The second-order valence-electron chi connectivity index (χ2n) is 5.42. The van der Waals surface area contributed by atoms with Crippen molar-refractivity contribution >= 4 is 5.78 Å². The van der Waals surface area contributed by atoms with Gasteiger partial charge in [-0.3, -0.25) is 9.69 Å². The zero-order valence-electron chi connectivity index (χ0n) is 13.5. The summed E-state index contributed by atoms with van der Waals surface area (Å²) in [7, 11) is 3.39. The van der Waals surface area contributed by atoms with Crippen LogP contribution in [-0.4, -0.2) is 57.2 Å². The zero-order valence-corrected chi connectivity index (χ0v) is 13.5. The molecule has 0 aromatic heterocycles. The van der Waals surface area contributed by atoms with Gasteiger partial charge in [-0.25, -0.2) is 0 Å². The summed E-state index contributed by atoms with van der Waals surface area (Å²) in [5.41, 5.74) is 0.774. The van der Waals surface area contributed by atoms with Crippen LogP contribution in [-0.2, 0) is 9.47 Å². The predicted molar refractivity (Wildman–Crippen MR) is 84.7 cm³/mol. The Kier molecular flexibility index (Phi) is 8.20. The van der Waals surface area contributed by atoms with E-state index in [1.54, 1.807) is 14.2 Å². The highest BCUT2D eigenvalue weighted by atomic mass is 16.5. The number of hydrogen-bond acceptors (Lipinski definition) is 4. The fourth-order valence-electron chi connectivity index (χ4n) is 2.37. The lowest BCUT2D eigenvalue weighted by Crippen LogP contribution is -2.42. The zero-order chi connectivity index (χ0) is 15.7. The average Bonchev–Trinajstić information content (AvgIpc) is 2.51. The predicted octanol–water partition coefficient (Wildman–Crippen LogP) is 2.49. The summed E-state index contributed by atoms with van der Waals surface area (Å²) in [5, 5.41) is 0. The maximum absolute atomic E-state index is 12.4. The molecule has 0 saturated carbocycles. The van der Waals surface area contributed by atoms with Gasteiger partial charge >= 0.3 is 0 Å². The Labute approximate surface area is 128 Å². The van der Waals surface area contributed by atoms with E-state index < -0.39 is 0 Å². The van der Waals surface area contributed by atoms with Crippen molar-refractivity contribution in [3.63, 3.8) is 0 Å². The van der Waals surface area contributed by atoms with Crippen molar-refractivity contribution in [1.29, 1.82) is 0 Å². The molecule has 1 aromatic carbocycles. The lowest BCUT2D eigenvalue weighted by atomic mass is 9.98. The van der Waals surface area contributed by atoms with E-state index in [4.69, 9.17) is 9.47 Å². The topological polar surface area (TPSA) is 38.8 Å². The second kappa shape index (κ2) is 9.66. The first-order valence-corrected chi connectivity index (χ1v) is 7.41. The molecule has 0 fully saturated rings. The van der Waals surface area contributed by atoms with Crippen LogP contribution in [0, 0.1) is 5.92 Å². The van der Waals surface area contributed by atoms with Gasteiger partial charge in [0.05, 0.1) is 13.2 Å². The van der Waals surface area contributed by atoms with Crippen LogP contribution >= 0.6 is 0 Å². The molecule has 1 aromatic rings. The molecule has 4 nitrogen and oxygen atoms in total. The van der Waals surface area contributed by atoms with E-state index in [9.17, 15) is 4.79 Å². The lowest BCUT2D eigenvalue weighted by Gasteiger charge is -2.30. The fraction of sp³-hybridized carbons (Fsp3) is 0.588. The van der Waals surface area contributed by atoms with Gasteiger partial charge in [-0.2, -0.15) is 0 Å². The monoisotopic (exact) mass is 293 g/mol. The molecule has 0 spiro atoms. The van der Waals surface area contributed by atoms with Gasteiger partial charge in [-0.15, -0.1) is 0 Å². The smallest absolute Gasteiger partial charge is 0.166 e. The van der Waals surface area contributed by atoms with Gasteiger partial charge < -0.3 is 9.47 Å². The molecule has 0 saturated heterocycles. The molecule has 0 N–H and O–H groups in total. The molecule has 4 heteroatoms. The fourth-order valence-corrected chi connectivity index (χ4v) is 2.37. The molecule has 2 unspecified atom stereocenters. The maximum atomic E-state index is 12.4. The Morgan fingerprint density at radius 2 is 1.81 bits per heavy atom. The van der Waals surface area contributed by atoms with Crippen molar-refractivity contribution in [2.45, 2.75) is 19.9 Å². The van der Waals surface area contributed by atoms with Crippen LogP contribution in [0.3, 0.4) is 0 Å². The highest BCUT2D eigenvalue weighted by Gasteiger charge is 2.21. The first kappa shape index (κ1) is 17.8. The molecular weight excluding hydrogens is 266 g/mol. The Hall–Kier alpha value is -1.23. The standard InChI is InChI=1S/C17H27NO3/c1-14(17(19)16-8-6-5-7-9-16)12-18(10-11-20-3)15(2)13-21-4/h5-9,14-15H,10-13H2,1-4H3. The van der Waals surface area contributed by atoms with Gasteiger partial charge in [0.25, 0.3) is 0 Å². The van der Waals surface area contributed by atoms with Gasteiger partial charge in [-0.1, -0.05) is 37.3 Å². The molecule has 0 amide bonds. The van der Waals surface area contributed by atoms with Gasteiger partial charge in [0.2, 0.25) is 0 Å². The molecule has 118 valence electrons. The number of nitrogens with zero attached hydrogens (tertiary/aromatic N) is 1. The maximum Gasteiger partial charge on any atom is 0.166 e.